The SMILES string of the molecule is CN=C(NCCCOC1CCOC1)NCCOc1ccccc1C.I. The smallest absolute Gasteiger partial charge is 0.191 e. The molecular weight excluding hydrogens is 433 g/mol. The summed E-state index contributed by atoms with van der Waals surface area (Å²) in [6.45, 7) is 6.46. The average Bonchev–Trinajstić information content (AvgIpc) is 3.11. The molecule has 142 valence electrons. The molecule has 0 spiro atoms. The summed E-state index contributed by atoms with van der Waals surface area (Å²) in [5, 5.41) is 6.52. The van der Waals surface area contributed by atoms with Crippen molar-refractivity contribution >= 4 is 29.9 Å². The molecule has 2 N–H and O–H groups in total. The molecule has 1 unspecified atom stereocenters. The number of hydrogen-bond donors (Lipinski definition) is 2. The van der Waals surface area contributed by atoms with Crippen LogP contribution in [0.25, 0.3) is 0 Å². The third-order valence-corrected chi connectivity index (χ3v) is 3.82. The monoisotopic (exact) mass is 463 g/mol. The summed E-state index contributed by atoms with van der Waals surface area (Å²) in [6, 6.07) is 8.02. The van der Waals surface area contributed by atoms with Crippen LogP contribution in [0.15, 0.2) is 29.3 Å². The van der Waals surface area contributed by atoms with E-state index in [-0.39, 0.29) is 30.1 Å². The van der Waals surface area contributed by atoms with Crippen molar-refractivity contribution in [2.75, 3.05) is 46.6 Å². The van der Waals surface area contributed by atoms with Gasteiger partial charge in [-0.1, -0.05) is 18.2 Å². The van der Waals surface area contributed by atoms with Gasteiger partial charge in [-0.05, 0) is 31.4 Å². The normalized spacial score (nSPS) is 17.0. The fourth-order valence-corrected chi connectivity index (χ4v) is 2.44. The van der Waals surface area contributed by atoms with Crippen LogP contribution in [0.3, 0.4) is 0 Å². The van der Waals surface area contributed by atoms with E-state index in [0.717, 1.165) is 56.5 Å². The zero-order chi connectivity index (χ0) is 17.0. The Balaban J connectivity index is 0.00000312. The number of nitrogens with zero attached hydrogens (tertiary/aromatic N) is 1. The maximum atomic E-state index is 5.75. The predicted octanol–water partition coefficient (Wildman–Crippen LogP) is 2.35. The minimum Gasteiger partial charge on any atom is -0.491 e. The van der Waals surface area contributed by atoms with Crippen LogP contribution in [0.4, 0.5) is 0 Å². The molecule has 6 nitrogen and oxygen atoms in total. The Kier molecular flexibility index (Phi) is 11.6. The molecule has 0 radical (unpaired) electrons. The highest BCUT2D eigenvalue weighted by atomic mass is 127. The lowest BCUT2D eigenvalue weighted by Crippen LogP contribution is -2.40. The second-order valence-corrected chi connectivity index (χ2v) is 5.75. The molecule has 7 heteroatoms. The molecule has 1 aromatic rings. The molecule has 1 aromatic carbocycles. The molecule has 1 aliphatic rings. The van der Waals surface area contributed by atoms with Gasteiger partial charge in [-0.2, -0.15) is 0 Å². The second kappa shape index (κ2) is 13.2. The van der Waals surface area contributed by atoms with E-state index in [2.05, 4.69) is 15.6 Å². The zero-order valence-electron chi connectivity index (χ0n) is 15.1. The van der Waals surface area contributed by atoms with Crippen molar-refractivity contribution in [2.45, 2.75) is 25.9 Å². The molecule has 0 aliphatic carbocycles. The predicted molar refractivity (Wildman–Crippen MR) is 111 cm³/mol. The van der Waals surface area contributed by atoms with Gasteiger partial charge in [0.15, 0.2) is 5.96 Å². The van der Waals surface area contributed by atoms with E-state index in [1.54, 1.807) is 7.05 Å². The number of benzene rings is 1. The topological polar surface area (TPSA) is 64.1 Å². The van der Waals surface area contributed by atoms with Crippen molar-refractivity contribution in [3.05, 3.63) is 29.8 Å². The summed E-state index contributed by atoms with van der Waals surface area (Å²) in [4.78, 5) is 4.20. The number of hydrogen-bond acceptors (Lipinski definition) is 4. The first-order chi connectivity index (χ1) is 11.8. The van der Waals surface area contributed by atoms with E-state index in [1.807, 2.05) is 31.2 Å². The molecule has 0 amide bonds. The first-order valence-corrected chi connectivity index (χ1v) is 8.62. The summed E-state index contributed by atoms with van der Waals surface area (Å²) in [7, 11) is 1.77. The van der Waals surface area contributed by atoms with Crippen LogP contribution in [0.1, 0.15) is 18.4 Å². The quantitative estimate of drug-likeness (QED) is 0.255. The van der Waals surface area contributed by atoms with Crippen molar-refractivity contribution in [2.24, 2.45) is 4.99 Å². The van der Waals surface area contributed by atoms with Crippen molar-refractivity contribution in [1.82, 2.24) is 10.6 Å². The third kappa shape index (κ3) is 8.73. The highest BCUT2D eigenvalue weighted by Crippen LogP contribution is 2.15. The summed E-state index contributed by atoms with van der Waals surface area (Å²) in [5.74, 6) is 1.71. The van der Waals surface area contributed by atoms with Crippen LogP contribution in [-0.4, -0.2) is 58.6 Å². The van der Waals surface area contributed by atoms with E-state index in [1.165, 1.54) is 0 Å². The van der Waals surface area contributed by atoms with Gasteiger partial charge in [-0.15, -0.1) is 24.0 Å². The summed E-state index contributed by atoms with van der Waals surface area (Å²) in [6.07, 6.45) is 2.23. The van der Waals surface area contributed by atoms with E-state index in [4.69, 9.17) is 14.2 Å². The highest BCUT2D eigenvalue weighted by Gasteiger charge is 2.15. The van der Waals surface area contributed by atoms with Gasteiger partial charge in [-0.3, -0.25) is 4.99 Å². The molecule has 0 saturated carbocycles. The van der Waals surface area contributed by atoms with Crippen molar-refractivity contribution < 1.29 is 14.2 Å². The molecule has 1 atom stereocenters. The molecule has 1 heterocycles. The third-order valence-electron chi connectivity index (χ3n) is 3.82. The van der Waals surface area contributed by atoms with E-state index in [9.17, 15) is 0 Å². The Bertz CT molecular complexity index is 508. The minimum atomic E-state index is 0. The van der Waals surface area contributed by atoms with Gasteiger partial charge in [0, 0.05) is 26.8 Å². The van der Waals surface area contributed by atoms with Gasteiger partial charge in [0.1, 0.15) is 12.4 Å². The lowest BCUT2D eigenvalue weighted by molar-refractivity contribution is 0.0420. The largest absolute Gasteiger partial charge is 0.491 e. The number of rotatable bonds is 9. The van der Waals surface area contributed by atoms with Gasteiger partial charge in [-0.25, -0.2) is 0 Å². The minimum absolute atomic E-state index is 0. The molecule has 25 heavy (non-hydrogen) atoms. The van der Waals surface area contributed by atoms with Crippen LogP contribution in [0, 0.1) is 6.92 Å². The number of aliphatic imine (C=N–C) groups is 1. The molecule has 2 rings (SSSR count). The molecule has 1 fully saturated rings. The molecule has 1 saturated heterocycles. The molecular formula is C18H30IN3O3. The Morgan fingerprint density at radius 2 is 2.04 bits per heavy atom. The molecule has 1 aliphatic heterocycles. The Labute approximate surface area is 167 Å². The molecule has 0 aromatic heterocycles. The van der Waals surface area contributed by atoms with Gasteiger partial charge in [0.25, 0.3) is 0 Å². The van der Waals surface area contributed by atoms with Crippen LogP contribution in [-0.2, 0) is 9.47 Å². The van der Waals surface area contributed by atoms with E-state index < -0.39 is 0 Å². The number of guanidine groups is 1. The van der Waals surface area contributed by atoms with E-state index >= 15 is 0 Å². The Morgan fingerprint density at radius 3 is 2.76 bits per heavy atom. The standard InChI is InChI=1S/C18H29N3O3.HI/c1-15-6-3-4-7-17(15)24-13-10-21-18(19-2)20-9-5-11-23-16-8-12-22-14-16;/h3-4,6-7,16H,5,8-14H2,1-2H3,(H2,19,20,21);1H. The summed E-state index contributed by atoms with van der Waals surface area (Å²) >= 11 is 0. The highest BCUT2D eigenvalue weighted by molar-refractivity contribution is 14.0. The van der Waals surface area contributed by atoms with Crippen molar-refractivity contribution in [3.63, 3.8) is 0 Å². The summed E-state index contributed by atoms with van der Waals surface area (Å²) in [5.41, 5.74) is 1.15. The maximum absolute atomic E-state index is 5.75. The first-order valence-electron chi connectivity index (χ1n) is 8.62. The van der Waals surface area contributed by atoms with Crippen LogP contribution in [0.5, 0.6) is 5.75 Å². The number of para-hydroxylation sites is 1. The summed E-state index contributed by atoms with van der Waals surface area (Å²) < 4.78 is 16.8. The van der Waals surface area contributed by atoms with Crippen LogP contribution < -0.4 is 15.4 Å². The fourth-order valence-electron chi connectivity index (χ4n) is 2.44. The van der Waals surface area contributed by atoms with Crippen molar-refractivity contribution in [3.8, 4) is 5.75 Å². The van der Waals surface area contributed by atoms with Gasteiger partial charge in [0.05, 0.1) is 19.3 Å². The van der Waals surface area contributed by atoms with E-state index in [0.29, 0.717) is 13.2 Å². The second-order valence-electron chi connectivity index (χ2n) is 5.75. The number of ether oxygens (including phenoxy) is 3. The Morgan fingerprint density at radius 1 is 1.24 bits per heavy atom. The van der Waals surface area contributed by atoms with Gasteiger partial charge >= 0.3 is 0 Å². The van der Waals surface area contributed by atoms with Crippen molar-refractivity contribution in [1.29, 1.82) is 0 Å². The fraction of sp³-hybridized carbons (Fsp3) is 0.611. The first kappa shape index (κ1) is 22.0. The number of nitrogens with one attached hydrogen (secondary N) is 2. The molecule has 0 bridgehead atoms. The zero-order valence-corrected chi connectivity index (χ0v) is 17.5. The lowest BCUT2D eigenvalue weighted by Gasteiger charge is -2.14. The number of halogens is 1. The maximum Gasteiger partial charge on any atom is 0.191 e. The van der Waals surface area contributed by atoms with Crippen LogP contribution in [0.2, 0.25) is 0 Å². The lowest BCUT2D eigenvalue weighted by atomic mass is 10.2. The van der Waals surface area contributed by atoms with Gasteiger partial charge < -0.3 is 24.8 Å². The van der Waals surface area contributed by atoms with Gasteiger partial charge in [0.2, 0.25) is 0 Å². The average molecular weight is 463 g/mol. The van der Waals surface area contributed by atoms with Crippen LogP contribution >= 0.6 is 24.0 Å². The Hall–Kier alpha value is -1.06. The number of aryl methyl sites for hydroxylation is 1.